The Morgan fingerprint density at radius 3 is 2.55 bits per heavy atom. The van der Waals surface area contributed by atoms with Gasteiger partial charge in [0.1, 0.15) is 29.1 Å². The summed E-state index contributed by atoms with van der Waals surface area (Å²) in [7, 11) is 1.62. The van der Waals surface area contributed by atoms with Crippen LogP contribution in [-0.4, -0.2) is 46.2 Å². The molecule has 262 valence electrons. The van der Waals surface area contributed by atoms with Gasteiger partial charge in [0.25, 0.3) is 0 Å². The van der Waals surface area contributed by atoms with Crippen LogP contribution in [-0.2, 0) is 21.4 Å². The van der Waals surface area contributed by atoms with Gasteiger partial charge < -0.3 is 34.0 Å². The van der Waals surface area contributed by atoms with Crippen molar-refractivity contribution in [3.8, 4) is 34.4 Å². The molecule has 2 aromatic heterocycles. The summed E-state index contributed by atoms with van der Waals surface area (Å²) in [6, 6.07) is 20.7. The van der Waals surface area contributed by atoms with Crippen molar-refractivity contribution in [1.82, 2.24) is 15.3 Å². The lowest BCUT2D eigenvalue weighted by molar-refractivity contribution is -0.135. The Bertz CT molecular complexity index is 2130. The normalized spacial score (nSPS) is 22.3. The number of aromatic nitrogens is 2. The quantitative estimate of drug-likeness (QED) is 0.166. The van der Waals surface area contributed by atoms with Gasteiger partial charge in [-0.25, -0.2) is 9.97 Å². The van der Waals surface area contributed by atoms with Crippen LogP contribution in [0, 0.1) is 17.8 Å². The minimum atomic E-state index is -1.17. The molecular weight excluding hydrogens is 648 g/mol. The number of carbonyl (C=O) groups is 2. The number of anilines is 1. The van der Waals surface area contributed by atoms with Gasteiger partial charge in [-0.1, -0.05) is 58.0 Å². The van der Waals surface area contributed by atoms with Gasteiger partial charge in [-0.3, -0.25) is 9.59 Å². The lowest BCUT2D eigenvalue weighted by Crippen LogP contribution is -2.41. The maximum Gasteiger partial charge on any atom is 0.249 e. The highest BCUT2D eigenvalue weighted by Gasteiger charge is 2.61. The van der Waals surface area contributed by atoms with Crippen LogP contribution >= 0.6 is 0 Å². The molecule has 4 bridgehead atoms. The number of aliphatic hydroxyl groups is 1. The van der Waals surface area contributed by atoms with E-state index < -0.39 is 29.7 Å². The molecule has 11 nitrogen and oxygen atoms in total. The Hall–Kier alpha value is -5.42. The first-order valence-corrected chi connectivity index (χ1v) is 17.4. The number of hydrogen-bond donors (Lipinski definition) is 3. The van der Waals surface area contributed by atoms with E-state index in [2.05, 4.69) is 16.7 Å². The molecule has 5 aromatic rings. The van der Waals surface area contributed by atoms with Crippen LogP contribution in [0.2, 0.25) is 0 Å². The molecule has 1 amide bonds. The third-order valence-corrected chi connectivity index (χ3v) is 10.3. The molecule has 5 heterocycles. The van der Waals surface area contributed by atoms with Gasteiger partial charge in [0, 0.05) is 29.2 Å². The average Bonchev–Trinajstić information content (AvgIpc) is 3.91. The first-order chi connectivity index (χ1) is 24.6. The minimum Gasteiger partial charge on any atom is -0.497 e. The van der Waals surface area contributed by atoms with Crippen LogP contribution < -0.4 is 20.1 Å². The van der Waals surface area contributed by atoms with E-state index in [9.17, 15) is 14.7 Å². The molecule has 2 unspecified atom stereocenters. The number of aliphatic hydroxyl groups excluding tert-OH is 1. The van der Waals surface area contributed by atoms with Crippen molar-refractivity contribution in [2.45, 2.75) is 64.3 Å². The second kappa shape index (κ2) is 12.4. The largest absolute Gasteiger partial charge is 0.497 e. The van der Waals surface area contributed by atoms with E-state index >= 15 is 0 Å². The minimum absolute atomic E-state index is 0.117. The fraction of sp³-hybridized carbons (Fsp3) is 0.350. The van der Waals surface area contributed by atoms with E-state index in [0.29, 0.717) is 23.0 Å². The number of ketones is 1. The molecule has 5 atom stereocenters. The summed E-state index contributed by atoms with van der Waals surface area (Å²) in [5.74, 6) is 1.06. The topological polar surface area (TPSA) is 149 Å². The Morgan fingerprint density at radius 2 is 1.80 bits per heavy atom. The van der Waals surface area contributed by atoms with Crippen molar-refractivity contribution in [3.63, 3.8) is 0 Å². The van der Waals surface area contributed by atoms with Crippen LogP contribution in [0.4, 0.5) is 5.69 Å². The van der Waals surface area contributed by atoms with Crippen molar-refractivity contribution in [1.29, 1.82) is 0 Å². The van der Waals surface area contributed by atoms with Crippen LogP contribution in [0.1, 0.15) is 68.5 Å². The van der Waals surface area contributed by atoms with Gasteiger partial charge in [0.15, 0.2) is 29.2 Å². The average molecular weight is 689 g/mol. The van der Waals surface area contributed by atoms with Gasteiger partial charge >= 0.3 is 0 Å². The summed E-state index contributed by atoms with van der Waals surface area (Å²) in [6.45, 7) is 7.52. The number of nitrogens with one attached hydrogen (secondary N) is 2. The number of benzene rings is 3. The molecule has 0 saturated heterocycles. The van der Waals surface area contributed by atoms with Crippen LogP contribution in [0.25, 0.3) is 22.9 Å². The highest BCUT2D eigenvalue weighted by molar-refractivity contribution is 5.89. The van der Waals surface area contributed by atoms with E-state index in [1.165, 1.54) is 0 Å². The molecule has 8 rings (SSSR count). The Balaban J connectivity index is 1.34. The van der Waals surface area contributed by atoms with E-state index in [1.807, 2.05) is 74.5 Å². The first kappa shape index (κ1) is 32.8. The molecular formula is C40H40N4O7. The predicted octanol–water partition coefficient (Wildman–Crippen LogP) is 6.45. The lowest BCUT2D eigenvalue weighted by Gasteiger charge is -2.28. The number of amides is 1. The van der Waals surface area contributed by atoms with Gasteiger partial charge in [0.05, 0.1) is 13.3 Å². The zero-order valence-electron chi connectivity index (χ0n) is 29.1. The maximum atomic E-state index is 14.1. The van der Waals surface area contributed by atoms with Gasteiger partial charge in [-0.2, -0.15) is 0 Å². The number of Topliss-reactive ketones (excluding diaryl/α,β-unsaturated/α-hetero) is 1. The summed E-state index contributed by atoms with van der Waals surface area (Å²) < 4.78 is 25.4. The SMILES string of the molecule is COc1ccc(-c2cnc(-c3nc4oc3[C@@]35c6ccccc6NC3Oc3ccc(cc35)C[C@H](CC(=O)[C@@H](O)C(C)C)C(=O)NC4C(C)C)o2)cc1. The molecule has 0 aliphatic carbocycles. The standard InChI is InChI=1S/C40H40N4O7/c1-20(2)32-38-44-33(37-41-19-31(49-37)23-11-13-25(48-5)14-12-23)35(51-38)40-26-8-6-7-9-28(26)42-39(40)50-30-15-10-22(17-27(30)40)16-24(36(47)43-32)18-29(45)34(46)21(3)4/h6-15,17,19-21,24,32,34,39,42,46H,16,18H2,1-5H3,(H,43,47)/t24-,32?,34+,39?,40+/m1/s1. The second-order valence-electron chi connectivity index (χ2n) is 14.3. The second-order valence-corrected chi connectivity index (χ2v) is 14.3. The molecule has 51 heavy (non-hydrogen) atoms. The summed E-state index contributed by atoms with van der Waals surface area (Å²) in [5, 5.41) is 17.4. The number of methoxy groups -OCH3 is 1. The lowest BCUT2D eigenvalue weighted by atomic mass is 9.72. The van der Waals surface area contributed by atoms with Crippen LogP contribution in [0.3, 0.4) is 0 Å². The maximum absolute atomic E-state index is 14.1. The molecule has 0 saturated carbocycles. The number of nitrogens with zero attached hydrogens (tertiary/aromatic N) is 2. The number of oxazole rings is 2. The number of hydrogen-bond acceptors (Lipinski definition) is 10. The Morgan fingerprint density at radius 1 is 1.02 bits per heavy atom. The van der Waals surface area contributed by atoms with Crippen molar-refractivity contribution >= 4 is 17.4 Å². The van der Waals surface area contributed by atoms with Crippen molar-refractivity contribution < 1.29 is 33.0 Å². The number of ether oxygens (including phenoxy) is 2. The number of carbonyl (C=O) groups excluding carboxylic acids is 2. The molecule has 0 radical (unpaired) electrons. The highest BCUT2D eigenvalue weighted by Crippen LogP contribution is 2.59. The van der Waals surface area contributed by atoms with Crippen molar-refractivity contribution in [2.75, 3.05) is 12.4 Å². The third kappa shape index (κ3) is 5.29. The van der Waals surface area contributed by atoms with E-state index in [0.717, 1.165) is 33.7 Å². The number of fused-ring (bicyclic) bond motifs is 4. The van der Waals surface area contributed by atoms with Crippen molar-refractivity contribution in [2.24, 2.45) is 17.8 Å². The van der Waals surface area contributed by atoms with Gasteiger partial charge in [0.2, 0.25) is 17.7 Å². The molecule has 11 heteroatoms. The molecule has 1 spiro atoms. The summed E-state index contributed by atoms with van der Waals surface area (Å²) in [4.78, 5) is 37.2. The van der Waals surface area contributed by atoms with Gasteiger partial charge in [-0.15, -0.1) is 0 Å². The van der Waals surface area contributed by atoms with Gasteiger partial charge in [-0.05, 0) is 65.8 Å². The fourth-order valence-corrected chi connectivity index (χ4v) is 7.57. The van der Waals surface area contributed by atoms with Crippen LogP contribution in [0.5, 0.6) is 11.5 Å². The third-order valence-electron chi connectivity index (χ3n) is 10.3. The molecule has 0 fully saturated rings. The highest BCUT2D eigenvalue weighted by atomic mass is 16.5. The molecule has 3 aromatic carbocycles. The summed E-state index contributed by atoms with van der Waals surface area (Å²) in [6.07, 6.45) is 0.0590. The molecule has 3 aliphatic heterocycles. The fourth-order valence-electron chi connectivity index (χ4n) is 7.57. The summed E-state index contributed by atoms with van der Waals surface area (Å²) in [5.41, 5.74) is 3.69. The smallest absolute Gasteiger partial charge is 0.249 e. The van der Waals surface area contributed by atoms with E-state index in [-0.39, 0.29) is 48.1 Å². The zero-order valence-corrected chi connectivity index (χ0v) is 29.1. The zero-order chi connectivity index (χ0) is 35.6. The Labute approximate surface area is 295 Å². The molecule has 3 N–H and O–H groups in total. The van der Waals surface area contributed by atoms with E-state index in [1.54, 1.807) is 27.2 Å². The summed E-state index contributed by atoms with van der Waals surface area (Å²) >= 11 is 0. The predicted molar refractivity (Wildman–Crippen MR) is 188 cm³/mol. The number of rotatable bonds is 8. The monoisotopic (exact) mass is 688 g/mol. The number of para-hydroxylation sites is 1. The Kier molecular flexibility index (Phi) is 7.98. The van der Waals surface area contributed by atoms with E-state index in [4.69, 9.17) is 28.3 Å². The van der Waals surface area contributed by atoms with Crippen LogP contribution in [0.15, 0.2) is 81.8 Å². The first-order valence-electron chi connectivity index (χ1n) is 17.4. The van der Waals surface area contributed by atoms with Crippen molar-refractivity contribution in [3.05, 3.63) is 101 Å². The molecule has 3 aliphatic rings.